The molecule has 1 aromatic rings. The molecule has 0 bridgehead atoms. The van der Waals surface area contributed by atoms with E-state index >= 15 is 0 Å². The molecular weight excluding hydrogens is 254 g/mol. The molecular formula is C15H19N3O2. The molecule has 1 aliphatic heterocycles. The average Bonchev–Trinajstić information content (AvgIpc) is 2.48. The van der Waals surface area contributed by atoms with Crippen LogP contribution in [0.3, 0.4) is 0 Å². The predicted molar refractivity (Wildman–Crippen MR) is 76.1 cm³/mol. The van der Waals surface area contributed by atoms with E-state index in [-0.39, 0.29) is 12.5 Å². The van der Waals surface area contributed by atoms with E-state index in [1.165, 1.54) is 0 Å². The molecule has 0 aliphatic carbocycles. The topological polar surface area (TPSA) is 88.1 Å². The maximum Gasteiger partial charge on any atom is 0.232 e. The zero-order chi connectivity index (χ0) is 14.6. The summed E-state index contributed by atoms with van der Waals surface area (Å²) in [5.74, 6) is -0.120. The first-order valence-corrected chi connectivity index (χ1v) is 6.72. The first kappa shape index (κ1) is 14.5. The number of hydrogen-bond donors (Lipinski definition) is 2. The van der Waals surface area contributed by atoms with Crippen molar-refractivity contribution in [2.75, 3.05) is 25.1 Å². The summed E-state index contributed by atoms with van der Waals surface area (Å²) in [6, 6.07) is 7.55. The zero-order valence-corrected chi connectivity index (χ0v) is 11.6. The average molecular weight is 273 g/mol. The molecule has 106 valence electrons. The number of nitrogens with zero attached hydrogens (tertiary/aromatic N) is 1. The highest BCUT2D eigenvalue weighted by atomic mass is 16.5. The molecule has 1 amide bonds. The van der Waals surface area contributed by atoms with E-state index in [2.05, 4.69) is 11.4 Å². The Morgan fingerprint density at radius 1 is 1.50 bits per heavy atom. The number of carbonyl (C=O) groups excluding carboxylic acids is 1. The van der Waals surface area contributed by atoms with E-state index in [1.807, 2.05) is 19.1 Å². The number of aryl methyl sites for hydroxylation is 1. The molecule has 0 atom stereocenters. The molecule has 5 nitrogen and oxygen atoms in total. The fourth-order valence-electron chi connectivity index (χ4n) is 2.46. The molecule has 0 saturated carbocycles. The number of rotatable bonds is 3. The molecule has 2 rings (SSSR count). The third-order valence-electron chi connectivity index (χ3n) is 3.96. The summed E-state index contributed by atoms with van der Waals surface area (Å²) < 4.78 is 5.30. The van der Waals surface area contributed by atoms with Crippen LogP contribution in [0.15, 0.2) is 18.2 Å². The molecule has 1 aliphatic rings. The lowest BCUT2D eigenvalue weighted by molar-refractivity contribution is -0.130. The van der Waals surface area contributed by atoms with Gasteiger partial charge in [-0.05, 0) is 31.4 Å². The largest absolute Gasteiger partial charge is 0.381 e. The minimum Gasteiger partial charge on any atom is -0.381 e. The van der Waals surface area contributed by atoms with E-state index in [0.29, 0.717) is 37.3 Å². The van der Waals surface area contributed by atoms with Gasteiger partial charge in [0.1, 0.15) is 6.07 Å². The third kappa shape index (κ3) is 2.67. The monoisotopic (exact) mass is 273 g/mol. The SMILES string of the molecule is Cc1cccc(NC(=O)C2(CN)CCOCC2)c1C#N. The second-order valence-electron chi connectivity index (χ2n) is 5.16. The van der Waals surface area contributed by atoms with E-state index in [9.17, 15) is 10.1 Å². The number of nitrogens with two attached hydrogens (primary N) is 1. The summed E-state index contributed by atoms with van der Waals surface area (Å²) in [7, 11) is 0. The summed E-state index contributed by atoms with van der Waals surface area (Å²) in [4.78, 5) is 12.5. The molecule has 1 fully saturated rings. The van der Waals surface area contributed by atoms with Gasteiger partial charge in [0.15, 0.2) is 0 Å². The molecule has 20 heavy (non-hydrogen) atoms. The van der Waals surface area contributed by atoms with Gasteiger partial charge in [0.2, 0.25) is 5.91 Å². The van der Waals surface area contributed by atoms with Gasteiger partial charge in [-0.3, -0.25) is 4.79 Å². The second-order valence-corrected chi connectivity index (χ2v) is 5.16. The summed E-state index contributed by atoms with van der Waals surface area (Å²) in [5.41, 5.74) is 7.12. The molecule has 0 unspecified atom stereocenters. The minimum absolute atomic E-state index is 0.120. The summed E-state index contributed by atoms with van der Waals surface area (Å²) in [5, 5.41) is 12.1. The summed E-state index contributed by atoms with van der Waals surface area (Å²) in [6.45, 7) is 3.23. The molecule has 3 N–H and O–H groups in total. The predicted octanol–water partition coefficient (Wildman–Crippen LogP) is 1.56. The van der Waals surface area contributed by atoms with Crippen molar-refractivity contribution in [2.45, 2.75) is 19.8 Å². The summed E-state index contributed by atoms with van der Waals surface area (Å²) >= 11 is 0. The van der Waals surface area contributed by atoms with Crippen LogP contribution in [0.5, 0.6) is 0 Å². The molecule has 5 heteroatoms. The molecule has 1 aromatic carbocycles. The Hall–Kier alpha value is -1.90. The van der Waals surface area contributed by atoms with Crippen LogP contribution < -0.4 is 11.1 Å². The van der Waals surface area contributed by atoms with Crippen molar-refractivity contribution in [1.82, 2.24) is 0 Å². The number of hydrogen-bond acceptors (Lipinski definition) is 4. The zero-order valence-electron chi connectivity index (χ0n) is 11.6. The van der Waals surface area contributed by atoms with Crippen molar-refractivity contribution in [3.8, 4) is 6.07 Å². The first-order chi connectivity index (χ1) is 9.63. The van der Waals surface area contributed by atoms with Gasteiger partial charge in [-0.25, -0.2) is 0 Å². The number of amides is 1. The number of carbonyl (C=O) groups is 1. The number of ether oxygens (including phenoxy) is 1. The second kappa shape index (κ2) is 6.04. The number of anilines is 1. The lowest BCUT2D eigenvalue weighted by atomic mass is 9.79. The number of nitrogens with one attached hydrogen (secondary N) is 1. The van der Waals surface area contributed by atoms with Gasteiger partial charge in [0.25, 0.3) is 0 Å². The Morgan fingerprint density at radius 2 is 2.20 bits per heavy atom. The van der Waals surface area contributed by atoms with Crippen LogP contribution in [0.1, 0.15) is 24.0 Å². The van der Waals surface area contributed by atoms with Gasteiger partial charge < -0.3 is 15.8 Å². The number of benzene rings is 1. The van der Waals surface area contributed by atoms with Crippen LogP contribution in [0, 0.1) is 23.7 Å². The van der Waals surface area contributed by atoms with Gasteiger partial charge in [-0.2, -0.15) is 5.26 Å². The van der Waals surface area contributed by atoms with Crippen molar-refractivity contribution in [3.63, 3.8) is 0 Å². The van der Waals surface area contributed by atoms with Gasteiger partial charge in [-0.15, -0.1) is 0 Å². The van der Waals surface area contributed by atoms with Crippen molar-refractivity contribution in [1.29, 1.82) is 5.26 Å². The lowest BCUT2D eigenvalue weighted by Crippen LogP contribution is -2.46. The molecule has 1 saturated heterocycles. The Bertz CT molecular complexity index is 543. The van der Waals surface area contributed by atoms with Crippen molar-refractivity contribution < 1.29 is 9.53 Å². The summed E-state index contributed by atoms with van der Waals surface area (Å²) in [6.07, 6.45) is 1.23. The highest BCUT2D eigenvalue weighted by molar-refractivity contribution is 5.96. The Balaban J connectivity index is 2.23. The molecule has 1 heterocycles. The lowest BCUT2D eigenvalue weighted by Gasteiger charge is -2.34. The van der Waals surface area contributed by atoms with Gasteiger partial charge in [0, 0.05) is 19.8 Å². The van der Waals surface area contributed by atoms with Crippen LogP contribution in [0.25, 0.3) is 0 Å². The smallest absolute Gasteiger partial charge is 0.232 e. The van der Waals surface area contributed by atoms with E-state index < -0.39 is 5.41 Å². The van der Waals surface area contributed by atoms with Crippen molar-refractivity contribution >= 4 is 11.6 Å². The molecule has 0 radical (unpaired) electrons. The Morgan fingerprint density at radius 3 is 2.80 bits per heavy atom. The Kier molecular flexibility index (Phi) is 4.38. The standard InChI is InChI=1S/C15H19N3O2/c1-11-3-2-4-13(12(11)9-16)18-14(19)15(10-17)5-7-20-8-6-15/h2-4H,5-8,10,17H2,1H3,(H,18,19). The van der Waals surface area contributed by atoms with Gasteiger partial charge in [0.05, 0.1) is 16.7 Å². The third-order valence-corrected chi connectivity index (χ3v) is 3.96. The van der Waals surface area contributed by atoms with E-state index in [0.717, 1.165) is 5.56 Å². The van der Waals surface area contributed by atoms with Crippen molar-refractivity contribution in [3.05, 3.63) is 29.3 Å². The van der Waals surface area contributed by atoms with E-state index in [4.69, 9.17) is 10.5 Å². The van der Waals surface area contributed by atoms with Crippen LogP contribution in [0.4, 0.5) is 5.69 Å². The maximum atomic E-state index is 12.5. The Labute approximate surface area is 118 Å². The van der Waals surface area contributed by atoms with Gasteiger partial charge in [-0.1, -0.05) is 12.1 Å². The fraction of sp³-hybridized carbons (Fsp3) is 0.467. The van der Waals surface area contributed by atoms with Crippen molar-refractivity contribution in [2.24, 2.45) is 11.1 Å². The molecule has 0 spiro atoms. The first-order valence-electron chi connectivity index (χ1n) is 6.72. The van der Waals surface area contributed by atoms with Crippen LogP contribution >= 0.6 is 0 Å². The maximum absolute atomic E-state index is 12.5. The normalized spacial score (nSPS) is 17.2. The van der Waals surface area contributed by atoms with Crippen LogP contribution in [-0.2, 0) is 9.53 Å². The van der Waals surface area contributed by atoms with Crippen LogP contribution in [-0.4, -0.2) is 25.7 Å². The fourth-order valence-corrected chi connectivity index (χ4v) is 2.46. The molecule has 0 aromatic heterocycles. The van der Waals surface area contributed by atoms with Crippen LogP contribution in [0.2, 0.25) is 0 Å². The highest BCUT2D eigenvalue weighted by Crippen LogP contribution is 2.31. The quantitative estimate of drug-likeness (QED) is 0.874. The highest BCUT2D eigenvalue weighted by Gasteiger charge is 2.39. The van der Waals surface area contributed by atoms with E-state index in [1.54, 1.807) is 6.07 Å². The number of nitriles is 1. The van der Waals surface area contributed by atoms with Gasteiger partial charge >= 0.3 is 0 Å². The minimum atomic E-state index is -0.589.